The lowest BCUT2D eigenvalue weighted by atomic mass is 10.2. The van der Waals surface area contributed by atoms with Crippen molar-refractivity contribution in [1.29, 1.82) is 0 Å². The Bertz CT molecular complexity index is 1080. The quantitative estimate of drug-likeness (QED) is 0.565. The molecule has 2 N–H and O–H groups in total. The molecule has 3 aromatic rings. The number of thiazole rings is 1. The first-order chi connectivity index (χ1) is 13.9. The Morgan fingerprint density at radius 3 is 2.55 bits per heavy atom. The van der Waals surface area contributed by atoms with E-state index in [4.69, 9.17) is 9.47 Å². The fourth-order valence-corrected chi connectivity index (χ4v) is 4.21. The van der Waals surface area contributed by atoms with E-state index in [1.165, 1.54) is 41.8 Å². The largest absolute Gasteiger partial charge is 0.497 e. The Labute approximate surface area is 172 Å². The van der Waals surface area contributed by atoms with E-state index in [0.29, 0.717) is 17.2 Å². The first-order valence-corrected chi connectivity index (χ1v) is 10.8. The van der Waals surface area contributed by atoms with Crippen molar-refractivity contribution in [3.05, 3.63) is 59.6 Å². The van der Waals surface area contributed by atoms with Gasteiger partial charge in [0.05, 0.1) is 12.0 Å². The summed E-state index contributed by atoms with van der Waals surface area (Å²) in [6.45, 7) is 1.67. The Hall–Kier alpha value is -3.11. The second-order valence-electron chi connectivity index (χ2n) is 5.94. The lowest BCUT2D eigenvalue weighted by Gasteiger charge is -2.11. The summed E-state index contributed by atoms with van der Waals surface area (Å²) >= 11 is 1.18. The molecular weight excluding hydrogens is 414 g/mol. The molecule has 1 heterocycles. The third-order valence-electron chi connectivity index (χ3n) is 3.84. The predicted octanol–water partition coefficient (Wildman–Crippen LogP) is 3.28. The number of hydrogen-bond acceptors (Lipinski definition) is 7. The van der Waals surface area contributed by atoms with E-state index in [2.05, 4.69) is 15.0 Å². The van der Waals surface area contributed by atoms with E-state index in [1.54, 1.807) is 24.6 Å². The second kappa shape index (κ2) is 8.93. The average molecular weight is 434 g/mol. The second-order valence-corrected chi connectivity index (χ2v) is 8.51. The number of hydrogen-bond donors (Lipinski definition) is 2. The van der Waals surface area contributed by atoms with E-state index in [-0.39, 0.29) is 22.5 Å². The van der Waals surface area contributed by atoms with Gasteiger partial charge in [0.15, 0.2) is 11.7 Å². The third kappa shape index (κ3) is 5.46. The molecule has 0 fully saturated rings. The first kappa shape index (κ1) is 20.6. The smallest absolute Gasteiger partial charge is 0.263 e. The number of methoxy groups -OCH3 is 1. The molecule has 0 bridgehead atoms. The van der Waals surface area contributed by atoms with Gasteiger partial charge in [-0.05, 0) is 55.0 Å². The van der Waals surface area contributed by atoms with Gasteiger partial charge in [0.1, 0.15) is 11.5 Å². The highest BCUT2D eigenvalue weighted by molar-refractivity contribution is 7.93. The summed E-state index contributed by atoms with van der Waals surface area (Å²) < 4.78 is 37.7. The van der Waals surface area contributed by atoms with Crippen molar-refractivity contribution >= 4 is 38.1 Å². The van der Waals surface area contributed by atoms with Gasteiger partial charge in [0.2, 0.25) is 0 Å². The van der Waals surface area contributed by atoms with Crippen LogP contribution in [-0.4, -0.2) is 33.0 Å². The Morgan fingerprint density at radius 1 is 1.17 bits per heavy atom. The monoisotopic (exact) mass is 433 g/mol. The van der Waals surface area contributed by atoms with E-state index in [1.807, 2.05) is 13.0 Å². The van der Waals surface area contributed by atoms with Gasteiger partial charge in [-0.15, -0.1) is 11.3 Å². The van der Waals surface area contributed by atoms with Crippen LogP contribution in [0.1, 0.15) is 5.56 Å². The highest BCUT2D eigenvalue weighted by Crippen LogP contribution is 2.23. The number of aryl methyl sites for hydroxylation is 1. The number of sulfonamides is 1. The molecule has 0 spiro atoms. The number of rotatable bonds is 8. The highest BCUT2D eigenvalue weighted by atomic mass is 32.2. The van der Waals surface area contributed by atoms with Crippen molar-refractivity contribution in [3.8, 4) is 11.5 Å². The maximum Gasteiger partial charge on any atom is 0.263 e. The highest BCUT2D eigenvalue weighted by Gasteiger charge is 2.15. The van der Waals surface area contributed by atoms with E-state index in [9.17, 15) is 13.2 Å². The summed E-state index contributed by atoms with van der Waals surface area (Å²) in [5.74, 6) is 0.922. The molecule has 0 aliphatic carbocycles. The fourth-order valence-electron chi connectivity index (χ4n) is 2.42. The summed E-state index contributed by atoms with van der Waals surface area (Å²) in [5, 5.41) is 4.62. The van der Waals surface area contributed by atoms with Crippen LogP contribution in [0.5, 0.6) is 11.5 Å². The molecule has 1 aromatic heterocycles. The topological polar surface area (TPSA) is 107 Å². The number of aromatic nitrogens is 1. The molecule has 0 radical (unpaired) electrons. The number of amides is 1. The third-order valence-corrected chi connectivity index (χ3v) is 6.02. The molecule has 8 nitrogen and oxygen atoms in total. The summed E-state index contributed by atoms with van der Waals surface area (Å²) in [6.07, 6.45) is 1.51. The van der Waals surface area contributed by atoms with E-state index in [0.717, 1.165) is 5.56 Å². The Balaban J connectivity index is 1.57. The SMILES string of the molecule is COc1ccc(OCC(=O)Nc2ccc(S(=O)(=O)Nc3nccs3)cc2)c(C)c1. The van der Waals surface area contributed by atoms with Crippen molar-refractivity contribution in [2.75, 3.05) is 23.8 Å². The summed E-state index contributed by atoms with van der Waals surface area (Å²) in [7, 11) is -2.16. The minimum atomic E-state index is -3.73. The van der Waals surface area contributed by atoms with Crippen LogP contribution < -0.4 is 19.5 Å². The van der Waals surface area contributed by atoms with Gasteiger partial charge < -0.3 is 14.8 Å². The van der Waals surface area contributed by atoms with Crippen molar-refractivity contribution in [2.24, 2.45) is 0 Å². The van der Waals surface area contributed by atoms with Crippen LogP contribution in [0.4, 0.5) is 10.8 Å². The molecule has 0 saturated heterocycles. The predicted molar refractivity (Wildman–Crippen MR) is 111 cm³/mol. The van der Waals surface area contributed by atoms with Crippen LogP contribution in [0.3, 0.4) is 0 Å². The molecular formula is C19H19N3O5S2. The van der Waals surface area contributed by atoms with Gasteiger partial charge in [-0.1, -0.05) is 0 Å². The van der Waals surface area contributed by atoms with Crippen LogP contribution in [0.25, 0.3) is 0 Å². The van der Waals surface area contributed by atoms with E-state index >= 15 is 0 Å². The maximum atomic E-state index is 12.3. The van der Waals surface area contributed by atoms with Gasteiger partial charge >= 0.3 is 0 Å². The number of carbonyl (C=O) groups excluding carboxylic acids is 1. The molecule has 152 valence electrons. The zero-order chi connectivity index (χ0) is 20.9. The van der Waals surface area contributed by atoms with Crippen molar-refractivity contribution in [1.82, 2.24) is 4.98 Å². The zero-order valence-electron chi connectivity index (χ0n) is 15.7. The number of carbonyl (C=O) groups is 1. The first-order valence-electron chi connectivity index (χ1n) is 8.47. The molecule has 0 aliphatic heterocycles. The van der Waals surface area contributed by atoms with Gasteiger partial charge in [0.25, 0.3) is 15.9 Å². The summed E-state index contributed by atoms with van der Waals surface area (Å²) in [5.41, 5.74) is 1.30. The lowest BCUT2D eigenvalue weighted by molar-refractivity contribution is -0.118. The van der Waals surface area contributed by atoms with Gasteiger partial charge in [-0.25, -0.2) is 13.4 Å². The minimum absolute atomic E-state index is 0.0656. The number of nitrogens with zero attached hydrogens (tertiary/aromatic N) is 1. The average Bonchev–Trinajstić information content (AvgIpc) is 3.19. The van der Waals surface area contributed by atoms with Gasteiger partial charge in [-0.3, -0.25) is 9.52 Å². The lowest BCUT2D eigenvalue weighted by Crippen LogP contribution is -2.20. The van der Waals surface area contributed by atoms with Crippen molar-refractivity contribution in [2.45, 2.75) is 11.8 Å². The van der Waals surface area contributed by atoms with Crippen LogP contribution in [-0.2, 0) is 14.8 Å². The van der Waals surface area contributed by atoms with Gasteiger partial charge in [0, 0.05) is 17.3 Å². The zero-order valence-corrected chi connectivity index (χ0v) is 17.3. The number of benzene rings is 2. The molecule has 1 amide bonds. The summed E-state index contributed by atoms with van der Waals surface area (Å²) in [4.78, 5) is 16.1. The summed E-state index contributed by atoms with van der Waals surface area (Å²) in [6, 6.07) is 11.1. The molecule has 0 atom stereocenters. The molecule has 10 heteroatoms. The van der Waals surface area contributed by atoms with Gasteiger partial charge in [-0.2, -0.15) is 0 Å². The molecule has 2 aromatic carbocycles. The van der Waals surface area contributed by atoms with Crippen molar-refractivity contribution in [3.63, 3.8) is 0 Å². The standard InChI is InChI=1S/C19H19N3O5S2/c1-13-11-15(26-2)5-8-17(13)27-12-18(23)21-14-3-6-16(7-4-14)29(24,25)22-19-20-9-10-28-19/h3-11H,12H2,1-2H3,(H,20,22)(H,21,23). The fraction of sp³-hybridized carbons (Fsp3) is 0.158. The molecule has 0 aliphatic rings. The van der Waals surface area contributed by atoms with Crippen LogP contribution >= 0.6 is 11.3 Å². The maximum absolute atomic E-state index is 12.3. The molecule has 0 saturated carbocycles. The van der Waals surface area contributed by atoms with Crippen LogP contribution in [0.15, 0.2) is 58.9 Å². The molecule has 3 rings (SSSR count). The molecule has 29 heavy (non-hydrogen) atoms. The number of anilines is 2. The number of nitrogens with one attached hydrogen (secondary N) is 2. The Kier molecular flexibility index (Phi) is 6.35. The van der Waals surface area contributed by atoms with Crippen LogP contribution in [0, 0.1) is 6.92 Å². The molecule has 0 unspecified atom stereocenters. The van der Waals surface area contributed by atoms with Crippen molar-refractivity contribution < 1.29 is 22.7 Å². The number of ether oxygens (including phenoxy) is 2. The Morgan fingerprint density at radius 2 is 1.93 bits per heavy atom. The van der Waals surface area contributed by atoms with Crippen LogP contribution in [0.2, 0.25) is 0 Å². The van der Waals surface area contributed by atoms with E-state index < -0.39 is 10.0 Å². The normalized spacial score (nSPS) is 11.0. The minimum Gasteiger partial charge on any atom is -0.497 e.